The average molecular weight is 436 g/mol. The van der Waals surface area contributed by atoms with Gasteiger partial charge in [0.05, 0.1) is 16.3 Å². The van der Waals surface area contributed by atoms with Gasteiger partial charge in [0.15, 0.2) is 0 Å². The minimum absolute atomic E-state index is 0.00915. The molecule has 0 aliphatic rings. The second-order valence-electron chi connectivity index (χ2n) is 6.25. The first-order valence-corrected chi connectivity index (χ1v) is 10.1. The summed E-state index contributed by atoms with van der Waals surface area (Å²) in [5.74, 6) is -1.78. The number of hydrogen-bond donors (Lipinski definition) is 2. The molecule has 0 aliphatic carbocycles. The average Bonchev–Trinajstić information content (AvgIpc) is 3.19. The number of carbonyl (C=O) groups excluding carboxylic acids is 1. The SMILES string of the molecule is O=C(Nc1csc(-c2ccc(Cl)cc2)c1C(=O)O)c1nccc(-c2ccccc2)n1. The molecule has 0 fully saturated rings. The van der Waals surface area contributed by atoms with E-state index in [4.69, 9.17) is 11.6 Å². The second kappa shape index (κ2) is 8.44. The number of thiophene rings is 1. The molecule has 2 aromatic heterocycles. The minimum Gasteiger partial charge on any atom is -0.478 e. The highest BCUT2D eigenvalue weighted by molar-refractivity contribution is 7.14. The van der Waals surface area contributed by atoms with Gasteiger partial charge in [-0.05, 0) is 23.8 Å². The number of nitrogens with zero attached hydrogens (tertiary/aromatic N) is 2. The molecule has 0 bridgehead atoms. The van der Waals surface area contributed by atoms with E-state index >= 15 is 0 Å². The number of anilines is 1. The monoisotopic (exact) mass is 435 g/mol. The van der Waals surface area contributed by atoms with E-state index < -0.39 is 11.9 Å². The molecule has 2 aromatic carbocycles. The highest BCUT2D eigenvalue weighted by atomic mass is 35.5. The van der Waals surface area contributed by atoms with Crippen LogP contribution in [0.5, 0.6) is 0 Å². The van der Waals surface area contributed by atoms with Crippen molar-refractivity contribution in [1.82, 2.24) is 9.97 Å². The lowest BCUT2D eigenvalue weighted by Gasteiger charge is -2.07. The normalized spacial score (nSPS) is 10.6. The lowest BCUT2D eigenvalue weighted by atomic mass is 10.1. The fourth-order valence-electron chi connectivity index (χ4n) is 2.89. The second-order valence-corrected chi connectivity index (χ2v) is 7.57. The van der Waals surface area contributed by atoms with Crippen LogP contribution in [0, 0.1) is 0 Å². The van der Waals surface area contributed by atoms with E-state index in [-0.39, 0.29) is 17.1 Å². The van der Waals surface area contributed by atoms with Crippen molar-refractivity contribution < 1.29 is 14.7 Å². The highest BCUT2D eigenvalue weighted by Gasteiger charge is 2.22. The van der Waals surface area contributed by atoms with Crippen molar-refractivity contribution in [3.63, 3.8) is 0 Å². The molecular formula is C22H14ClN3O3S. The first-order valence-electron chi connectivity index (χ1n) is 8.83. The van der Waals surface area contributed by atoms with Crippen LogP contribution in [0.15, 0.2) is 72.2 Å². The maximum absolute atomic E-state index is 12.7. The molecule has 8 heteroatoms. The molecule has 0 atom stereocenters. The van der Waals surface area contributed by atoms with E-state index in [0.717, 1.165) is 5.56 Å². The van der Waals surface area contributed by atoms with Crippen LogP contribution in [0.1, 0.15) is 21.0 Å². The van der Waals surface area contributed by atoms with Crippen LogP contribution in [0.2, 0.25) is 5.02 Å². The Morgan fingerprint density at radius 2 is 1.70 bits per heavy atom. The van der Waals surface area contributed by atoms with Crippen molar-refractivity contribution in [2.24, 2.45) is 0 Å². The first-order chi connectivity index (χ1) is 14.5. The van der Waals surface area contributed by atoms with Crippen molar-refractivity contribution in [3.05, 3.63) is 88.7 Å². The number of nitrogens with one attached hydrogen (secondary N) is 1. The number of aromatic carboxylic acids is 1. The summed E-state index contributed by atoms with van der Waals surface area (Å²) in [7, 11) is 0. The minimum atomic E-state index is -1.14. The third-order valence-corrected chi connectivity index (χ3v) is 5.57. The molecule has 0 spiro atoms. The molecule has 6 nitrogen and oxygen atoms in total. The zero-order valence-electron chi connectivity index (χ0n) is 15.4. The molecule has 4 aromatic rings. The van der Waals surface area contributed by atoms with E-state index in [2.05, 4.69) is 15.3 Å². The van der Waals surface area contributed by atoms with E-state index in [0.29, 0.717) is 21.2 Å². The van der Waals surface area contributed by atoms with Crippen molar-refractivity contribution >= 4 is 40.5 Å². The predicted octanol–water partition coefficient (Wildman–Crippen LogP) is 5.48. The van der Waals surface area contributed by atoms with Crippen LogP contribution < -0.4 is 5.32 Å². The fraction of sp³-hybridized carbons (Fsp3) is 0. The zero-order chi connectivity index (χ0) is 21.1. The van der Waals surface area contributed by atoms with Gasteiger partial charge in [-0.2, -0.15) is 0 Å². The Balaban J connectivity index is 1.64. The molecule has 148 valence electrons. The van der Waals surface area contributed by atoms with Gasteiger partial charge in [-0.25, -0.2) is 14.8 Å². The van der Waals surface area contributed by atoms with Gasteiger partial charge in [0, 0.05) is 22.2 Å². The number of benzene rings is 2. The van der Waals surface area contributed by atoms with Crippen LogP contribution >= 0.6 is 22.9 Å². The van der Waals surface area contributed by atoms with Crippen molar-refractivity contribution in [1.29, 1.82) is 0 Å². The molecule has 0 radical (unpaired) electrons. The summed E-state index contributed by atoms with van der Waals surface area (Å²) in [6, 6.07) is 17.9. The quantitative estimate of drug-likeness (QED) is 0.433. The van der Waals surface area contributed by atoms with Gasteiger partial charge in [0.25, 0.3) is 5.91 Å². The van der Waals surface area contributed by atoms with Gasteiger partial charge in [0.1, 0.15) is 5.56 Å². The standard InChI is InChI=1S/C22H14ClN3O3S/c23-15-8-6-14(7-9-15)19-18(22(28)29)17(12-30-19)26-21(27)20-24-11-10-16(25-20)13-4-2-1-3-5-13/h1-12H,(H,26,27)(H,28,29). The van der Waals surface area contributed by atoms with Gasteiger partial charge in [0.2, 0.25) is 5.82 Å². The summed E-state index contributed by atoms with van der Waals surface area (Å²) in [4.78, 5) is 33.5. The number of amides is 1. The van der Waals surface area contributed by atoms with Crippen LogP contribution in [-0.2, 0) is 0 Å². The van der Waals surface area contributed by atoms with Crippen LogP contribution in [0.4, 0.5) is 5.69 Å². The largest absolute Gasteiger partial charge is 0.478 e. The Labute approximate surface area is 180 Å². The van der Waals surface area contributed by atoms with Crippen molar-refractivity contribution in [2.75, 3.05) is 5.32 Å². The van der Waals surface area contributed by atoms with Gasteiger partial charge in [-0.15, -0.1) is 11.3 Å². The Kier molecular flexibility index (Phi) is 5.56. The molecule has 2 N–H and O–H groups in total. The molecule has 0 saturated carbocycles. The van der Waals surface area contributed by atoms with Gasteiger partial charge >= 0.3 is 5.97 Å². The number of hydrogen-bond acceptors (Lipinski definition) is 5. The molecule has 0 unspecified atom stereocenters. The smallest absolute Gasteiger partial charge is 0.339 e. The van der Waals surface area contributed by atoms with Crippen molar-refractivity contribution in [2.45, 2.75) is 0 Å². The number of halogens is 1. The fourth-order valence-corrected chi connectivity index (χ4v) is 4.02. The third kappa shape index (κ3) is 4.07. The summed E-state index contributed by atoms with van der Waals surface area (Å²) < 4.78 is 0. The summed E-state index contributed by atoms with van der Waals surface area (Å²) in [5, 5.41) is 14.5. The molecular weight excluding hydrogens is 422 g/mol. The zero-order valence-corrected chi connectivity index (χ0v) is 16.9. The molecule has 4 rings (SSSR count). The number of carbonyl (C=O) groups is 2. The number of rotatable bonds is 5. The van der Waals surface area contributed by atoms with Gasteiger partial charge in [-0.3, -0.25) is 4.79 Å². The van der Waals surface area contributed by atoms with E-state index in [1.165, 1.54) is 17.5 Å². The molecule has 2 heterocycles. The van der Waals surface area contributed by atoms with E-state index in [1.54, 1.807) is 35.7 Å². The van der Waals surface area contributed by atoms with Gasteiger partial charge in [-0.1, -0.05) is 54.1 Å². The summed E-state index contributed by atoms with van der Waals surface area (Å²) in [6.07, 6.45) is 1.50. The lowest BCUT2D eigenvalue weighted by Crippen LogP contribution is -2.17. The number of aromatic nitrogens is 2. The topological polar surface area (TPSA) is 92.2 Å². The Morgan fingerprint density at radius 3 is 2.40 bits per heavy atom. The van der Waals surface area contributed by atoms with Crippen LogP contribution in [-0.4, -0.2) is 27.0 Å². The molecule has 0 saturated heterocycles. The van der Waals surface area contributed by atoms with Gasteiger partial charge < -0.3 is 10.4 Å². The summed E-state index contributed by atoms with van der Waals surface area (Å²) in [6.45, 7) is 0. The molecule has 0 aliphatic heterocycles. The number of carboxylic acids is 1. The lowest BCUT2D eigenvalue weighted by molar-refractivity contribution is 0.0699. The van der Waals surface area contributed by atoms with E-state index in [1.807, 2.05) is 30.3 Å². The molecule has 1 amide bonds. The first kappa shape index (κ1) is 19.8. The Bertz CT molecular complexity index is 1220. The molecule has 30 heavy (non-hydrogen) atoms. The van der Waals surface area contributed by atoms with E-state index in [9.17, 15) is 14.7 Å². The maximum Gasteiger partial charge on any atom is 0.339 e. The number of carboxylic acid groups (broad SMARTS) is 1. The van der Waals surface area contributed by atoms with Crippen LogP contribution in [0.25, 0.3) is 21.7 Å². The van der Waals surface area contributed by atoms with Crippen LogP contribution in [0.3, 0.4) is 0 Å². The maximum atomic E-state index is 12.7. The Morgan fingerprint density at radius 1 is 0.967 bits per heavy atom. The predicted molar refractivity (Wildman–Crippen MR) is 117 cm³/mol. The summed E-state index contributed by atoms with van der Waals surface area (Å²) >= 11 is 7.14. The summed E-state index contributed by atoms with van der Waals surface area (Å²) in [5.41, 5.74) is 2.35. The van der Waals surface area contributed by atoms with Crippen molar-refractivity contribution in [3.8, 4) is 21.7 Å². The Hall–Kier alpha value is -3.55. The highest BCUT2D eigenvalue weighted by Crippen LogP contribution is 2.36. The third-order valence-electron chi connectivity index (χ3n) is 4.29.